The number of pyridine rings is 2. The number of benzene rings is 2. The molecule has 2 N–H and O–H groups in total. The molecule has 1 saturated carbocycles. The highest BCUT2D eigenvalue weighted by Gasteiger charge is 2.26. The van der Waals surface area contributed by atoms with E-state index in [0.29, 0.717) is 22.4 Å². The lowest BCUT2D eigenvalue weighted by molar-refractivity contribution is 0.102. The first kappa shape index (κ1) is 24.4. The Morgan fingerprint density at radius 3 is 2.59 bits per heavy atom. The second kappa shape index (κ2) is 10.4. The molecule has 1 atom stereocenters. The fourth-order valence-electron chi connectivity index (χ4n) is 3.56. The Kier molecular flexibility index (Phi) is 6.82. The maximum Gasteiger partial charge on any atom is 0.261 e. The van der Waals surface area contributed by atoms with Gasteiger partial charge >= 0.3 is 0 Å². The van der Waals surface area contributed by atoms with Crippen molar-refractivity contribution in [2.45, 2.75) is 32.0 Å². The molecule has 1 aliphatic rings. The van der Waals surface area contributed by atoms with E-state index in [-0.39, 0.29) is 29.7 Å². The molecule has 8 nitrogen and oxygen atoms in total. The molecule has 190 valence electrons. The van der Waals surface area contributed by atoms with Crippen LogP contribution in [0.25, 0.3) is 10.9 Å². The number of nitrogens with zero attached hydrogens (tertiary/aromatic N) is 2. The molecule has 0 saturated heterocycles. The van der Waals surface area contributed by atoms with Gasteiger partial charge in [0, 0.05) is 47.9 Å². The minimum Gasteiger partial charge on any atom is -0.491 e. The SMILES string of the molecule is CC(O)COc1ccc2c(Oc3c(F)cc(NC(=O)c4cnccc4OC4CC4)cc3F)ccnc2c1. The summed E-state index contributed by atoms with van der Waals surface area (Å²) in [6.45, 7) is 1.71. The number of ether oxygens (including phenoxy) is 3. The minimum absolute atomic E-state index is 0.0629. The van der Waals surface area contributed by atoms with Crippen LogP contribution in [0.1, 0.15) is 30.1 Å². The number of carbonyl (C=O) groups excluding carboxylic acids is 1. The smallest absolute Gasteiger partial charge is 0.261 e. The quantitative estimate of drug-likeness (QED) is 0.319. The van der Waals surface area contributed by atoms with E-state index in [4.69, 9.17) is 14.2 Å². The van der Waals surface area contributed by atoms with Gasteiger partial charge in [0.15, 0.2) is 17.4 Å². The molecule has 0 aliphatic heterocycles. The van der Waals surface area contributed by atoms with Gasteiger partial charge in [-0.05, 0) is 44.0 Å². The molecule has 2 aromatic heterocycles. The van der Waals surface area contributed by atoms with Crippen molar-refractivity contribution >= 4 is 22.5 Å². The molecule has 0 bridgehead atoms. The molecule has 5 rings (SSSR count). The van der Waals surface area contributed by atoms with E-state index in [1.165, 1.54) is 24.7 Å². The highest BCUT2D eigenvalue weighted by Crippen LogP contribution is 2.35. The first-order valence-corrected chi connectivity index (χ1v) is 11.7. The molecule has 4 aromatic rings. The summed E-state index contributed by atoms with van der Waals surface area (Å²) in [5.74, 6) is -2.21. The van der Waals surface area contributed by atoms with Crippen LogP contribution in [0.15, 0.2) is 61.1 Å². The Balaban J connectivity index is 1.35. The zero-order valence-electron chi connectivity index (χ0n) is 19.8. The van der Waals surface area contributed by atoms with Crippen LogP contribution >= 0.6 is 0 Å². The van der Waals surface area contributed by atoms with E-state index in [1.807, 2.05) is 0 Å². The number of fused-ring (bicyclic) bond motifs is 1. The number of anilines is 1. The van der Waals surface area contributed by atoms with Crippen molar-refractivity contribution in [3.63, 3.8) is 0 Å². The third-order valence-electron chi connectivity index (χ3n) is 5.48. The Hall–Kier alpha value is -4.31. The molecule has 1 fully saturated rings. The lowest BCUT2D eigenvalue weighted by atomic mass is 10.2. The molecule has 0 spiro atoms. The molecule has 0 radical (unpaired) electrons. The number of aliphatic hydroxyl groups is 1. The highest BCUT2D eigenvalue weighted by molar-refractivity contribution is 6.06. The van der Waals surface area contributed by atoms with Crippen LogP contribution in [0.3, 0.4) is 0 Å². The third-order valence-corrected chi connectivity index (χ3v) is 5.48. The van der Waals surface area contributed by atoms with Gasteiger partial charge in [-0.15, -0.1) is 0 Å². The summed E-state index contributed by atoms with van der Waals surface area (Å²) >= 11 is 0. The summed E-state index contributed by atoms with van der Waals surface area (Å²) in [4.78, 5) is 20.9. The van der Waals surface area contributed by atoms with Crippen LogP contribution in [-0.2, 0) is 0 Å². The number of halogens is 2. The van der Waals surface area contributed by atoms with Crippen LogP contribution in [0.2, 0.25) is 0 Å². The van der Waals surface area contributed by atoms with E-state index < -0.39 is 29.4 Å². The molecule has 1 aliphatic carbocycles. The molecule has 2 aromatic carbocycles. The predicted octanol–water partition coefficient (Wildman–Crippen LogP) is 5.25. The maximum absolute atomic E-state index is 14.9. The predicted molar refractivity (Wildman–Crippen MR) is 131 cm³/mol. The number of carbonyl (C=O) groups is 1. The van der Waals surface area contributed by atoms with Gasteiger partial charge in [0.2, 0.25) is 0 Å². The molecule has 2 heterocycles. The average Bonchev–Trinajstić information content (AvgIpc) is 3.69. The van der Waals surface area contributed by atoms with E-state index >= 15 is 0 Å². The summed E-state index contributed by atoms with van der Waals surface area (Å²) in [7, 11) is 0. The van der Waals surface area contributed by atoms with E-state index in [2.05, 4.69) is 15.3 Å². The van der Waals surface area contributed by atoms with Crippen LogP contribution in [0.5, 0.6) is 23.0 Å². The van der Waals surface area contributed by atoms with E-state index in [0.717, 1.165) is 25.0 Å². The second-order valence-corrected chi connectivity index (χ2v) is 8.66. The van der Waals surface area contributed by atoms with Gasteiger partial charge < -0.3 is 24.6 Å². The maximum atomic E-state index is 14.9. The first-order chi connectivity index (χ1) is 17.9. The van der Waals surface area contributed by atoms with E-state index in [1.54, 1.807) is 31.2 Å². The Morgan fingerprint density at radius 2 is 1.86 bits per heavy atom. The van der Waals surface area contributed by atoms with Gasteiger partial charge in [0.1, 0.15) is 23.9 Å². The van der Waals surface area contributed by atoms with Crippen molar-refractivity contribution in [2.24, 2.45) is 0 Å². The summed E-state index contributed by atoms with van der Waals surface area (Å²) in [5.41, 5.74) is 0.551. The van der Waals surface area contributed by atoms with Gasteiger partial charge in [-0.3, -0.25) is 14.8 Å². The van der Waals surface area contributed by atoms with Crippen molar-refractivity contribution in [2.75, 3.05) is 11.9 Å². The first-order valence-electron chi connectivity index (χ1n) is 11.7. The summed E-state index contributed by atoms with van der Waals surface area (Å²) in [6, 6.07) is 9.93. The lowest BCUT2D eigenvalue weighted by Gasteiger charge is -2.14. The lowest BCUT2D eigenvalue weighted by Crippen LogP contribution is -2.15. The minimum atomic E-state index is -1.00. The van der Waals surface area contributed by atoms with Crippen molar-refractivity contribution in [3.05, 3.63) is 78.3 Å². The monoisotopic (exact) mass is 507 g/mol. The zero-order valence-corrected chi connectivity index (χ0v) is 19.8. The van der Waals surface area contributed by atoms with Crippen LogP contribution in [-0.4, -0.2) is 39.8 Å². The van der Waals surface area contributed by atoms with Gasteiger partial charge in [0.05, 0.1) is 23.3 Å². The Bertz CT molecular complexity index is 1440. The van der Waals surface area contributed by atoms with Crippen molar-refractivity contribution in [1.82, 2.24) is 9.97 Å². The van der Waals surface area contributed by atoms with Crippen molar-refractivity contribution < 1.29 is 32.9 Å². The van der Waals surface area contributed by atoms with Crippen molar-refractivity contribution in [1.29, 1.82) is 0 Å². The highest BCUT2D eigenvalue weighted by atomic mass is 19.1. The largest absolute Gasteiger partial charge is 0.491 e. The number of aliphatic hydroxyl groups excluding tert-OH is 1. The average molecular weight is 507 g/mol. The summed E-state index contributed by atoms with van der Waals surface area (Å²) < 4.78 is 46.7. The van der Waals surface area contributed by atoms with Gasteiger partial charge in [-0.25, -0.2) is 8.78 Å². The Labute approximate surface area is 210 Å². The molecule has 10 heteroatoms. The van der Waals surface area contributed by atoms with Gasteiger partial charge in [0.25, 0.3) is 5.91 Å². The van der Waals surface area contributed by atoms with E-state index in [9.17, 15) is 18.7 Å². The summed E-state index contributed by atoms with van der Waals surface area (Å²) in [5, 5.41) is 12.4. The molecule has 37 heavy (non-hydrogen) atoms. The Morgan fingerprint density at radius 1 is 1.11 bits per heavy atom. The fraction of sp³-hybridized carbons (Fsp3) is 0.222. The number of hydrogen-bond acceptors (Lipinski definition) is 7. The summed E-state index contributed by atoms with van der Waals surface area (Å²) in [6.07, 6.45) is 5.53. The fourth-order valence-corrected chi connectivity index (χ4v) is 3.56. The number of rotatable bonds is 9. The van der Waals surface area contributed by atoms with Crippen LogP contribution in [0, 0.1) is 11.6 Å². The number of hydrogen-bond donors (Lipinski definition) is 2. The third kappa shape index (κ3) is 5.75. The number of nitrogens with one attached hydrogen (secondary N) is 1. The normalized spacial score (nSPS) is 13.7. The standard InChI is InChI=1S/C27H23F2N3O5/c1-15(33)14-35-18-4-5-19-23(12-18)31-9-7-24(19)37-26-21(28)10-16(11-22(26)29)32-27(34)20-13-30-8-6-25(20)36-17-2-3-17/h4-13,15,17,33H,2-3,14H2,1H3,(H,32,34). The van der Waals surface area contributed by atoms with Gasteiger partial charge in [-0.2, -0.15) is 0 Å². The van der Waals surface area contributed by atoms with Crippen molar-refractivity contribution in [3.8, 4) is 23.0 Å². The van der Waals surface area contributed by atoms with Gasteiger partial charge in [-0.1, -0.05) is 0 Å². The topological polar surface area (TPSA) is 103 Å². The van der Waals surface area contributed by atoms with Crippen LogP contribution < -0.4 is 19.5 Å². The molecular formula is C27H23F2N3O5. The van der Waals surface area contributed by atoms with Crippen LogP contribution in [0.4, 0.5) is 14.5 Å². The molecule has 1 unspecified atom stereocenters. The second-order valence-electron chi connectivity index (χ2n) is 8.66. The zero-order chi connectivity index (χ0) is 25.9. The number of aromatic nitrogens is 2. The number of amides is 1. The molecular weight excluding hydrogens is 484 g/mol. The molecule has 1 amide bonds.